The van der Waals surface area contributed by atoms with E-state index in [-0.39, 0.29) is 36.9 Å². The molecular weight excluding hydrogens is 506 g/mol. The number of nitrogens with one attached hydrogen (secondary N) is 1. The van der Waals surface area contributed by atoms with Crippen LogP contribution in [0, 0.1) is 0 Å². The van der Waals surface area contributed by atoms with Crippen molar-refractivity contribution in [2.24, 2.45) is 0 Å². The lowest BCUT2D eigenvalue weighted by atomic mass is 10.1. The number of rotatable bonds is 7. The van der Waals surface area contributed by atoms with Crippen LogP contribution < -0.4 is 10.2 Å². The molecule has 1 fully saturated rings. The van der Waals surface area contributed by atoms with Crippen molar-refractivity contribution in [3.05, 3.63) is 76.3 Å². The van der Waals surface area contributed by atoms with E-state index >= 15 is 0 Å². The molecule has 3 aromatic rings. The third kappa shape index (κ3) is 4.69. The van der Waals surface area contributed by atoms with Gasteiger partial charge in [0.25, 0.3) is 5.91 Å². The van der Waals surface area contributed by atoms with Crippen molar-refractivity contribution in [3.8, 4) is 0 Å². The molecular formula is C28H28BrN3O3. The molecule has 0 saturated heterocycles. The Balaban J connectivity index is 1.40. The van der Waals surface area contributed by atoms with Gasteiger partial charge in [0, 0.05) is 28.0 Å². The van der Waals surface area contributed by atoms with Gasteiger partial charge >= 0.3 is 0 Å². The average molecular weight is 534 g/mol. The van der Waals surface area contributed by atoms with Gasteiger partial charge in [-0.1, -0.05) is 65.2 Å². The van der Waals surface area contributed by atoms with Gasteiger partial charge in [0.05, 0.1) is 5.69 Å². The first-order chi connectivity index (χ1) is 16.9. The fourth-order valence-corrected chi connectivity index (χ4v) is 5.39. The molecule has 5 rings (SSSR count). The van der Waals surface area contributed by atoms with Gasteiger partial charge in [0.1, 0.15) is 12.6 Å². The van der Waals surface area contributed by atoms with Crippen molar-refractivity contribution in [2.75, 3.05) is 11.4 Å². The molecule has 1 saturated carbocycles. The normalized spacial score (nSPS) is 16.1. The van der Waals surface area contributed by atoms with Crippen LogP contribution in [0.1, 0.15) is 48.5 Å². The molecule has 0 radical (unpaired) electrons. The first-order valence-electron chi connectivity index (χ1n) is 12.1. The lowest BCUT2D eigenvalue weighted by molar-refractivity contribution is -0.139. The second-order valence-corrected chi connectivity index (χ2v) is 10.3. The van der Waals surface area contributed by atoms with Crippen LogP contribution in [0.25, 0.3) is 10.8 Å². The van der Waals surface area contributed by atoms with Crippen LogP contribution >= 0.6 is 15.9 Å². The maximum absolute atomic E-state index is 13.7. The molecule has 1 atom stereocenters. The third-order valence-corrected chi connectivity index (χ3v) is 7.61. The van der Waals surface area contributed by atoms with Crippen LogP contribution in [-0.2, 0) is 16.1 Å². The number of carbonyl (C=O) groups excluding carboxylic acids is 3. The van der Waals surface area contributed by atoms with Crippen molar-refractivity contribution in [1.29, 1.82) is 0 Å². The van der Waals surface area contributed by atoms with Crippen LogP contribution in [0.4, 0.5) is 5.69 Å². The Kier molecular flexibility index (Phi) is 6.60. The molecule has 1 aliphatic carbocycles. The second kappa shape index (κ2) is 9.82. The highest BCUT2D eigenvalue weighted by Gasteiger charge is 2.34. The highest BCUT2D eigenvalue weighted by atomic mass is 79.9. The minimum Gasteiger partial charge on any atom is -0.352 e. The molecule has 1 heterocycles. The molecule has 0 spiro atoms. The number of amides is 3. The molecule has 1 aliphatic heterocycles. The summed E-state index contributed by atoms with van der Waals surface area (Å²) < 4.78 is 0.944. The van der Waals surface area contributed by atoms with Crippen LogP contribution in [0.15, 0.2) is 65.1 Å². The molecule has 35 heavy (non-hydrogen) atoms. The van der Waals surface area contributed by atoms with Crippen molar-refractivity contribution < 1.29 is 14.4 Å². The first-order valence-corrected chi connectivity index (χ1v) is 12.9. The summed E-state index contributed by atoms with van der Waals surface area (Å²) in [6.45, 7) is 1.93. The summed E-state index contributed by atoms with van der Waals surface area (Å²) in [5, 5.41) is 4.97. The van der Waals surface area contributed by atoms with Crippen LogP contribution in [0.2, 0.25) is 0 Å². The molecule has 7 heteroatoms. The molecule has 6 nitrogen and oxygen atoms in total. The molecule has 0 aromatic heterocycles. The standard InChI is InChI=1S/C28H28BrN3O3/c1-18(27(34)30-22-8-2-3-9-22)31(16-19-12-14-21(29)15-13-19)25(33)17-32-24-11-5-7-20-6-4-10-23(26(20)24)28(32)35/h4-7,10-15,18,22H,2-3,8-9,16-17H2,1H3,(H,30,34)/t18-/m0/s1. The van der Waals surface area contributed by atoms with E-state index in [1.165, 1.54) is 4.90 Å². The van der Waals surface area contributed by atoms with E-state index in [0.29, 0.717) is 5.56 Å². The Morgan fingerprint density at radius 3 is 2.46 bits per heavy atom. The van der Waals surface area contributed by atoms with Gasteiger partial charge in [0.2, 0.25) is 11.8 Å². The summed E-state index contributed by atoms with van der Waals surface area (Å²) in [6.07, 6.45) is 4.18. The fourth-order valence-electron chi connectivity index (χ4n) is 5.12. The van der Waals surface area contributed by atoms with E-state index in [9.17, 15) is 14.4 Å². The molecule has 0 unspecified atom stereocenters. The highest BCUT2D eigenvalue weighted by Crippen LogP contribution is 2.37. The summed E-state index contributed by atoms with van der Waals surface area (Å²) in [4.78, 5) is 43.2. The Bertz CT molecular complexity index is 1280. The van der Waals surface area contributed by atoms with Gasteiger partial charge in [-0.2, -0.15) is 0 Å². The average Bonchev–Trinajstić information content (AvgIpc) is 3.47. The minimum atomic E-state index is -0.664. The fraction of sp³-hybridized carbons (Fsp3) is 0.321. The Hall–Kier alpha value is -3.19. The molecule has 2 aliphatic rings. The van der Waals surface area contributed by atoms with Crippen LogP contribution in [-0.4, -0.2) is 41.2 Å². The van der Waals surface area contributed by atoms with E-state index in [1.807, 2.05) is 54.6 Å². The van der Waals surface area contributed by atoms with Crippen molar-refractivity contribution in [2.45, 2.75) is 51.2 Å². The number of hydrogen-bond acceptors (Lipinski definition) is 3. The second-order valence-electron chi connectivity index (χ2n) is 9.39. The summed E-state index contributed by atoms with van der Waals surface area (Å²) in [6, 6.07) is 18.6. The largest absolute Gasteiger partial charge is 0.352 e. The van der Waals surface area contributed by atoms with E-state index in [2.05, 4.69) is 21.2 Å². The maximum Gasteiger partial charge on any atom is 0.259 e. The van der Waals surface area contributed by atoms with E-state index in [1.54, 1.807) is 17.9 Å². The number of anilines is 1. The van der Waals surface area contributed by atoms with Gasteiger partial charge in [-0.25, -0.2) is 0 Å². The number of halogens is 1. The van der Waals surface area contributed by atoms with Crippen molar-refractivity contribution in [3.63, 3.8) is 0 Å². The van der Waals surface area contributed by atoms with Crippen LogP contribution in [0.3, 0.4) is 0 Å². The maximum atomic E-state index is 13.7. The zero-order valence-corrected chi connectivity index (χ0v) is 21.3. The summed E-state index contributed by atoms with van der Waals surface area (Å²) >= 11 is 3.45. The number of hydrogen-bond donors (Lipinski definition) is 1. The monoisotopic (exact) mass is 533 g/mol. The lowest BCUT2D eigenvalue weighted by Crippen LogP contribution is -2.52. The summed E-state index contributed by atoms with van der Waals surface area (Å²) in [5.41, 5.74) is 2.26. The van der Waals surface area contributed by atoms with Gasteiger partial charge < -0.3 is 10.2 Å². The SMILES string of the molecule is C[C@@H](C(=O)NC1CCCC1)N(Cc1ccc(Br)cc1)C(=O)CN1C(=O)c2cccc3cccc1c23. The number of benzene rings is 3. The number of nitrogens with zero attached hydrogens (tertiary/aromatic N) is 2. The van der Waals surface area contributed by atoms with Gasteiger partial charge in [-0.3, -0.25) is 19.3 Å². The Labute approximate surface area is 213 Å². The van der Waals surface area contributed by atoms with E-state index in [4.69, 9.17) is 0 Å². The van der Waals surface area contributed by atoms with E-state index < -0.39 is 6.04 Å². The minimum absolute atomic E-state index is 0.121. The molecule has 180 valence electrons. The molecule has 3 aromatic carbocycles. The Morgan fingerprint density at radius 1 is 1.06 bits per heavy atom. The highest BCUT2D eigenvalue weighted by molar-refractivity contribution is 9.10. The van der Waals surface area contributed by atoms with Gasteiger partial charge in [-0.05, 0) is 55.0 Å². The van der Waals surface area contributed by atoms with Crippen LogP contribution in [0.5, 0.6) is 0 Å². The smallest absolute Gasteiger partial charge is 0.259 e. The van der Waals surface area contributed by atoms with Crippen molar-refractivity contribution >= 4 is 50.1 Å². The molecule has 3 amide bonds. The predicted molar refractivity (Wildman–Crippen MR) is 140 cm³/mol. The zero-order chi connectivity index (χ0) is 24.5. The lowest BCUT2D eigenvalue weighted by Gasteiger charge is -2.31. The number of carbonyl (C=O) groups is 3. The zero-order valence-electron chi connectivity index (χ0n) is 19.7. The molecule has 1 N–H and O–H groups in total. The quantitative estimate of drug-likeness (QED) is 0.462. The first kappa shape index (κ1) is 23.5. The van der Waals surface area contributed by atoms with Gasteiger partial charge in [0.15, 0.2) is 0 Å². The summed E-state index contributed by atoms with van der Waals surface area (Å²) in [7, 11) is 0. The topological polar surface area (TPSA) is 69.7 Å². The van der Waals surface area contributed by atoms with Gasteiger partial charge in [-0.15, -0.1) is 0 Å². The van der Waals surface area contributed by atoms with E-state index in [0.717, 1.165) is 52.2 Å². The van der Waals surface area contributed by atoms with Crippen molar-refractivity contribution in [1.82, 2.24) is 10.2 Å². The predicted octanol–water partition coefficient (Wildman–Crippen LogP) is 5.04. The molecule has 0 bridgehead atoms. The Morgan fingerprint density at radius 2 is 1.74 bits per heavy atom. The third-order valence-electron chi connectivity index (χ3n) is 7.08. The summed E-state index contributed by atoms with van der Waals surface area (Å²) in [5.74, 6) is -0.600.